The van der Waals surface area contributed by atoms with Crippen molar-refractivity contribution in [1.82, 2.24) is 10.3 Å². The molecule has 0 atom stereocenters. The molecule has 1 N–H and O–H groups in total. The van der Waals surface area contributed by atoms with E-state index in [1.807, 2.05) is 0 Å². The largest absolute Gasteiger partial charge is 0.348 e. The van der Waals surface area contributed by atoms with Gasteiger partial charge in [-0.1, -0.05) is 17.7 Å². The van der Waals surface area contributed by atoms with Gasteiger partial charge in [-0.3, -0.25) is 9.78 Å². The number of aromatic nitrogens is 1. The van der Waals surface area contributed by atoms with E-state index in [1.165, 1.54) is 12.3 Å². The molecule has 0 aliphatic rings. The van der Waals surface area contributed by atoms with Crippen molar-refractivity contribution in [2.75, 3.05) is 0 Å². The Morgan fingerprint density at radius 2 is 2.22 bits per heavy atom. The van der Waals surface area contributed by atoms with Crippen LogP contribution in [0.1, 0.15) is 15.9 Å². The first-order chi connectivity index (χ1) is 8.66. The predicted molar refractivity (Wildman–Crippen MR) is 66.8 cm³/mol. The molecule has 3 nitrogen and oxygen atoms in total. The first-order valence-electron chi connectivity index (χ1n) is 5.29. The summed E-state index contributed by atoms with van der Waals surface area (Å²) in [7, 11) is 0. The van der Waals surface area contributed by atoms with Gasteiger partial charge >= 0.3 is 0 Å². The van der Waals surface area contributed by atoms with E-state index in [-0.39, 0.29) is 12.5 Å². The Bertz CT molecular complexity index is 560. The highest BCUT2D eigenvalue weighted by atomic mass is 35.5. The van der Waals surface area contributed by atoms with Crippen molar-refractivity contribution in [2.45, 2.75) is 6.54 Å². The molecule has 0 saturated heterocycles. The van der Waals surface area contributed by atoms with Crippen molar-refractivity contribution in [2.24, 2.45) is 0 Å². The number of carbonyl (C=O) groups is 1. The minimum absolute atomic E-state index is 0.108. The number of benzene rings is 1. The lowest BCUT2D eigenvalue weighted by Crippen LogP contribution is -2.23. The average molecular weight is 265 g/mol. The summed E-state index contributed by atoms with van der Waals surface area (Å²) in [6, 6.07) is 7.64. The third-order valence-electron chi connectivity index (χ3n) is 2.38. The number of carbonyl (C=O) groups excluding carboxylic acids is 1. The van der Waals surface area contributed by atoms with E-state index in [4.69, 9.17) is 11.6 Å². The molecule has 0 saturated carbocycles. The molecule has 0 radical (unpaired) electrons. The number of hydrogen-bond acceptors (Lipinski definition) is 2. The summed E-state index contributed by atoms with van der Waals surface area (Å²) >= 11 is 5.64. The van der Waals surface area contributed by atoms with E-state index in [1.54, 1.807) is 30.5 Å². The standard InChI is InChI=1S/C13H10ClFN2O/c14-11-4-3-9(12(15)6-11)8-17-13(18)10-2-1-5-16-7-10/h1-7H,8H2,(H,17,18). The third-order valence-corrected chi connectivity index (χ3v) is 2.61. The number of nitrogens with zero attached hydrogens (tertiary/aromatic N) is 1. The molecule has 18 heavy (non-hydrogen) atoms. The SMILES string of the molecule is O=C(NCc1ccc(Cl)cc1F)c1cccnc1. The van der Waals surface area contributed by atoms with Crippen molar-refractivity contribution >= 4 is 17.5 Å². The Balaban J connectivity index is 2.02. The van der Waals surface area contributed by atoms with Gasteiger partial charge in [-0.2, -0.15) is 0 Å². The smallest absolute Gasteiger partial charge is 0.253 e. The van der Waals surface area contributed by atoms with Crippen LogP contribution in [0.2, 0.25) is 5.02 Å². The Kier molecular flexibility index (Phi) is 3.89. The molecule has 0 spiro atoms. The minimum atomic E-state index is -0.436. The Morgan fingerprint density at radius 1 is 1.39 bits per heavy atom. The second-order valence-corrected chi connectivity index (χ2v) is 4.10. The van der Waals surface area contributed by atoms with Gasteiger partial charge in [-0.25, -0.2) is 4.39 Å². The average Bonchev–Trinajstić information content (AvgIpc) is 2.38. The predicted octanol–water partition coefficient (Wildman–Crippen LogP) is 2.80. The molecule has 1 heterocycles. The fourth-order valence-corrected chi connectivity index (χ4v) is 1.60. The maximum absolute atomic E-state index is 13.5. The van der Waals surface area contributed by atoms with Crippen molar-refractivity contribution < 1.29 is 9.18 Å². The number of hydrogen-bond donors (Lipinski definition) is 1. The highest BCUT2D eigenvalue weighted by Gasteiger charge is 2.07. The van der Waals surface area contributed by atoms with Gasteiger partial charge in [0.2, 0.25) is 0 Å². The Labute approximate surface area is 109 Å². The van der Waals surface area contributed by atoms with Crippen LogP contribution in [0.5, 0.6) is 0 Å². The summed E-state index contributed by atoms with van der Waals surface area (Å²) in [6.07, 6.45) is 3.03. The molecule has 2 rings (SSSR count). The van der Waals surface area contributed by atoms with Gasteiger partial charge in [0.25, 0.3) is 5.91 Å². The van der Waals surface area contributed by atoms with Crippen LogP contribution >= 0.6 is 11.6 Å². The molecule has 0 aliphatic carbocycles. The van der Waals surface area contributed by atoms with Gasteiger partial charge < -0.3 is 5.32 Å². The van der Waals surface area contributed by atoms with Crippen molar-refractivity contribution in [3.63, 3.8) is 0 Å². The normalized spacial score (nSPS) is 10.1. The topological polar surface area (TPSA) is 42.0 Å². The molecule has 5 heteroatoms. The van der Waals surface area contributed by atoms with E-state index in [9.17, 15) is 9.18 Å². The summed E-state index contributed by atoms with van der Waals surface area (Å²) in [5.41, 5.74) is 0.823. The third kappa shape index (κ3) is 3.05. The van der Waals surface area contributed by atoms with Gasteiger partial charge in [0.05, 0.1) is 5.56 Å². The quantitative estimate of drug-likeness (QED) is 0.926. The van der Waals surface area contributed by atoms with E-state index in [2.05, 4.69) is 10.3 Å². The summed E-state index contributed by atoms with van der Waals surface area (Å²) in [5, 5.41) is 2.94. The van der Waals surface area contributed by atoms with E-state index < -0.39 is 5.82 Å². The zero-order valence-electron chi connectivity index (χ0n) is 9.36. The minimum Gasteiger partial charge on any atom is -0.348 e. The van der Waals surface area contributed by atoms with Gasteiger partial charge in [-0.05, 0) is 24.3 Å². The molecule has 2 aromatic rings. The molecule has 1 amide bonds. The van der Waals surface area contributed by atoms with Crippen LogP contribution in [0.3, 0.4) is 0 Å². The molecular formula is C13H10ClFN2O. The van der Waals surface area contributed by atoms with Crippen LogP contribution in [-0.4, -0.2) is 10.9 Å². The number of amides is 1. The van der Waals surface area contributed by atoms with Crippen LogP contribution in [0, 0.1) is 5.82 Å². The lowest BCUT2D eigenvalue weighted by atomic mass is 10.2. The molecular weight excluding hydrogens is 255 g/mol. The molecule has 1 aromatic heterocycles. The molecule has 0 aliphatic heterocycles. The van der Waals surface area contributed by atoms with Crippen LogP contribution in [-0.2, 0) is 6.54 Å². The second kappa shape index (κ2) is 5.60. The van der Waals surface area contributed by atoms with E-state index in [0.717, 1.165) is 0 Å². The fourth-order valence-electron chi connectivity index (χ4n) is 1.44. The highest BCUT2D eigenvalue weighted by molar-refractivity contribution is 6.30. The molecule has 0 unspecified atom stereocenters. The van der Waals surface area contributed by atoms with Crippen LogP contribution in [0.25, 0.3) is 0 Å². The van der Waals surface area contributed by atoms with Crippen molar-refractivity contribution in [3.05, 3.63) is 64.7 Å². The fraction of sp³-hybridized carbons (Fsp3) is 0.0769. The molecule has 0 bridgehead atoms. The second-order valence-electron chi connectivity index (χ2n) is 3.66. The first kappa shape index (κ1) is 12.5. The lowest BCUT2D eigenvalue weighted by Gasteiger charge is -2.06. The number of nitrogens with one attached hydrogen (secondary N) is 1. The van der Waals surface area contributed by atoms with Gasteiger partial charge in [0, 0.05) is 29.5 Å². The van der Waals surface area contributed by atoms with Gasteiger partial charge in [0.15, 0.2) is 0 Å². The first-order valence-corrected chi connectivity index (χ1v) is 5.67. The lowest BCUT2D eigenvalue weighted by molar-refractivity contribution is 0.0950. The summed E-state index contributed by atoms with van der Waals surface area (Å²) < 4.78 is 13.5. The number of pyridine rings is 1. The molecule has 1 aromatic carbocycles. The number of halogens is 2. The van der Waals surface area contributed by atoms with Crippen molar-refractivity contribution in [3.8, 4) is 0 Å². The van der Waals surface area contributed by atoms with E-state index in [0.29, 0.717) is 16.1 Å². The summed E-state index contributed by atoms with van der Waals surface area (Å²) in [4.78, 5) is 15.5. The van der Waals surface area contributed by atoms with Crippen molar-refractivity contribution in [1.29, 1.82) is 0 Å². The van der Waals surface area contributed by atoms with Gasteiger partial charge in [0.1, 0.15) is 5.82 Å². The Hall–Kier alpha value is -1.94. The highest BCUT2D eigenvalue weighted by Crippen LogP contribution is 2.14. The number of rotatable bonds is 3. The summed E-state index contributed by atoms with van der Waals surface area (Å²) in [5.74, 6) is -0.730. The molecule has 0 fully saturated rings. The summed E-state index contributed by atoms with van der Waals surface area (Å²) in [6.45, 7) is 0.108. The van der Waals surface area contributed by atoms with Crippen LogP contribution in [0.15, 0.2) is 42.7 Å². The van der Waals surface area contributed by atoms with Gasteiger partial charge in [-0.15, -0.1) is 0 Å². The van der Waals surface area contributed by atoms with E-state index >= 15 is 0 Å². The zero-order chi connectivity index (χ0) is 13.0. The maximum Gasteiger partial charge on any atom is 0.253 e. The Morgan fingerprint density at radius 3 is 2.89 bits per heavy atom. The monoisotopic (exact) mass is 264 g/mol. The van der Waals surface area contributed by atoms with Crippen LogP contribution in [0.4, 0.5) is 4.39 Å². The molecule has 92 valence electrons. The maximum atomic E-state index is 13.5. The van der Waals surface area contributed by atoms with Crippen LogP contribution < -0.4 is 5.32 Å². The zero-order valence-corrected chi connectivity index (χ0v) is 10.1.